The minimum Gasteiger partial charge on any atom is -0.356 e. The Labute approximate surface area is 149 Å². The maximum absolute atomic E-state index is 12.2. The number of sulfonamides is 1. The first-order chi connectivity index (χ1) is 12.5. The highest BCUT2D eigenvalue weighted by molar-refractivity contribution is 7.89. The highest BCUT2D eigenvalue weighted by Gasteiger charge is 2.17. The molecule has 0 atom stereocenters. The molecule has 0 aliphatic rings. The van der Waals surface area contributed by atoms with Crippen LogP contribution in [0.2, 0.25) is 0 Å². The van der Waals surface area contributed by atoms with Crippen molar-refractivity contribution in [2.45, 2.75) is 11.3 Å². The van der Waals surface area contributed by atoms with E-state index >= 15 is 0 Å². The summed E-state index contributed by atoms with van der Waals surface area (Å²) in [7, 11) is -3.84. The van der Waals surface area contributed by atoms with Crippen LogP contribution in [-0.2, 0) is 16.4 Å². The van der Waals surface area contributed by atoms with E-state index in [1.54, 1.807) is 6.07 Å². The number of nitro benzene ring substituents is 1. The Kier molecular flexibility index (Phi) is 5.10. The molecule has 0 unspecified atom stereocenters. The van der Waals surface area contributed by atoms with Crippen LogP contribution in [0.1, 0.15) is 5.69 Å². The van der Waals surface area contributed by atoms with Gasteiger partial charge < -0.3 is 4.52 Å². The Morgan fingerprint density at radius 2 is 1.85 bits per heavy atom. The van der Waals surface area contributed by atoms with Gasteiger partial charge in [-0.3, -0.25) is 10.1 Å². The van der Waals surface area contributed by atoms with Crippen LogP contribution >= 0.6 is 0 Å². The van der Waals surface area contributed by atoms with Crippen LogP contribution in [0.25, 0.3) is 11.3 Å². The summed E-state index contributed by atoms with van der Waals surface area (Å²) in [6, 6.07) is 16.1. The fourth-order valence-electron chi connectivity index (χ4n) is 2.33. The number of nitro groups is 1. The van der Waals surface area contributed by atoms with Crippen molar-refractivity contribution in [1.29, 1.82) is 0 Å². The highest BCUT2D eigenvalue weighted by atomic mass is 32.2. The van der Waals surface area contributed by atoms with Crippen molar-refractivity contribution < 1.29 is 17.9 Å². The second kappa shape index (κ2) is 7.46. The maximum atomic E-state index is 12.2. The van der Waals surface area contributed by atoms with E-state index in [1.165, 1.54) is 18.2 Å². The Morgan fingerprint density at radius 1 is 1.08 bits per heavy atom. The molecule has 1 N–H and O–H groups in total. The lowest BCUT2D eigenvalue weighted by Crippen LogP contribution is -2.26. The van der Waals surface area contributed by atoms with E-state index in [4.69, 9.17) is 4.52 Å². The molecule has 8 nitrogen and oxygen atoms in total. The first-order valence-corrected chi connectivity index (χ1v) is 9.19. The van der Waals surface area contributed by atoms with Gasteiger partial charge in [-0.2, -0.15) is 0 Å². The van der Waals surface area contributed by atoms with Crippen molar-refractivity contribution in [3.63, 3.8) is 0 Å². The summed E-state index contributed by atoms with van der Waals surface area (Å²) < 4.78 is 32.2. The lowest BCUT2D eigenvalue weighted by Gasteiger charge is -2.05. The molecule has 9 heteroatoms. The van der Waals surface area contributed by atoms with Crippen molar-refractivity contribution in [1.82, 2.24) is 9.88 Å². The summed E-state index contributed by atoms with van der Waals surface area (Å²) in [6.45, 7) is 0.0891. The number of aromatic nitrogens is 1. The molecule has 0 fully saturated rings. The fraction of sp³-hybridized carbons (Fsp3) is 0.118. The molecule has 134 valence electrons. The molecule has 2 aromatic carbocycles. The number of non-ortho nitro benzene ring substituents is 1. The summed E-state index contributed by atoms with van der Waals surface area (Å²) in [5.74, 6) is 0.599. The van der Waals surface area contributed by atoms with E-state index in [0.717, 1.165) is 11.6 Å². The molecule has 0 spiro atoms. The van der Waals surface area contributed by atoms with Gasteiger partial charge in [-0.25, -0.2) is 13.1 Å². The smallest absolute Gasteiger partial charge is 0.270 e. The second-order valence-corrected chi connectivity index (χ2v) is 7.22. The van der Waals surface area contributed by atoms with Gasteiger partial charge in [-0.05, 0) is 6.07 Å². The van der Waals surface area contributed by atoms with E-state index in [-0.39, 0.29) is 17.1 Å². The summed E-state index contributed by atoms with van der Waals surface area (Å²) in [5.41, 5.74) is 1.20. The van der Waals surface area contributed by atoms with Gasteiger partial charge in [0.25, 0.3) is 5.69 Å². The van der Waals surface area contributed by atoms with E-state index in [0.29, 0.717) is 17.9 Å². The van der Waals surface area contributed by atoms with Crippen LogP contribution in [0, 0.1) is 10.1 Å². The van der Waals surface area contributed by atoms with Crippen molar-refractivity contribution in [2.75, 3.05) is 6.54 Å². The van der Waals surface area contributed by atoms with Gasteiger partial charge in [0.05, 0.1) is 15.5 Å². The Morgan fingerprint density at radius 3 is 2.58 bits per heavy atom. The number of hydrogen-bond donors (Lipinski definition) is 1. The Balaban J connectivity index is 1.63. The molecule has 0 bridgehead atoms. The third-order valence-electron chi connectivity index (χ3n) is 3.63. The van der Waals surface area contributed by atoms with Gasteiger partial charge in [0.1, 0.15) is 0 Å². The van der Waals surface area contributed by atoms with Gasteiger partial charge >= 0.3 is 0 Å². The van der Waals surface area contributed by atoms with Crippen LogP contribution in [-0.4, -0.2) is 25.0 Å². The van der Waals surface area contributed by atoms with Gasteiger partial charge in [0.2, 0.25) is 10.0 Å². The molecular formula is C17H15N3O5S. The second-order valence-electron chi connectivity index (χ2n) is 5.45. The zero-order valence-corrected chi connectivity index (χ0v) is 14.3. The summed E-state index contributed by atoms with van der Waals surface area (Å²) >= 11 is 0. The Bertz CT molecular complexity index is 1020. The topological polar surface area (TPSA) is 115 Å². The Hall–Kier alpha value is -3.04. The number of hydrogen-bond acceptors (Lipinski definition) is 6. The molecule has 0 aliphatic heterocycles. The van der Waals surface area contributed by atoms with Crippen LogP contribution in [0.5, 0.6) is 0 Å². The summed E-state index contributed by atoms with van der Waals surface area (Å²) in [5, 5.41) is 14.7. The van der Waals surface area contributed by atoms with Gasteiger partial charge in [0.15, 0.2) is 5.76 Å². The lowest BCUT2D eigenvalue weighted by atomic mass is 10.1. The zero-order valence-electron chi connectivity index (χ0n) is 13.5. The van der Waals surface area contributed by atoms with Gasteiger partial charge in [-0.15, -0.1) is 0 Å². The molecule has 0 saturated heterocycles. The SMILES string of the molecule is O=[N+]([O-])c1cccc(S(=O)(=O)NCCc2cc(-c3ccccc3)on2)c1. The predicted molar refractivity (Wildman–Crippen MR) is 93.9 cm³/mol. The number of nitrogens with zero attached hydrogens (tertiary/aromatic N) is 2. The summed E-state index contributed by atoms with van der Waals surface area (Å²) in [6.07, 6.45) is 0.324. The average molecular weight is 373 g/mol. The molecule has 1 aromatic heterocycles. The molecular weight excluding hydrogens is 358 g/mol. The maximum Gasteiger partial charge on any atom is 0.270 e. The minimum atomic E-state index is -3.84. The average Bonchev–Trinajstić information content (AvgIpc) is 3.11. The molecule has 3 rings (SSSR count). The predicted octanol–water partition coefficient (Wildman–Crippen LogP) is 2.77. The molecule has 3 aromatic rings. The van der Waals surface area contributed by atoms with E-state index < -0.39 is 14.9 Å². The molecule has 1 heterocycles. The zero-order chi connectivity index (χ0) is 18.6. The lowest BCUT2D eigenvalue weighted by molar-refractivity contribution is -0.385. The molecule has 0 aliphatic carbocycles. The number of benzene rings is 2. The van der Waals surface area contributed by atoms with Crippen molar-refractivity contribution >= 4 is 15.7 Å². The van der Waals surface area contributed by atoms with Gasteiger partial charge in [-0.1, -0.05) is 41.6 Å². The van der Waals surface area contributed by atoms with Crippen molar-refractivity contribution in [3.8, 4) is 11.3 Å². The first-order valence-electron chi connectivity index (χ1n) is 7.71. The molecule has 0 radical (unpaired) electrons. The largest absolute Gasteiger partial charge is 0.356 e. The molecule has 0 saturated carbocycles. The third-order valence-corrected chi connectivity index (χ3v) is 5.09. The quantitative estimate of drug-likeness (QED) is 0.503. The van der Waals surface area contributed by atoms with E-state index in [9.17, 15) is 18.5 Å². The molecule has 26 heavy (non-hydrogen) atoms. The van der Waals surface area contributed by atoms with Crippen LogP contribution in [0.3, 0.4) is 0 Å². The third kappa shape index (κ3) is 4.13. The van der Waals surface area contributed by atoms with E-state index in [2.05, 4.69) is 9.88 Å². The minimum absolute atomic E-state index is 0.0891. The van der Waals surface area contributed by atoms with Crippen molar-refractivity contribution in [3.05, 3.63) is 76.5 Å². The monoisotopic (exact) mass is 373 g/mol. The molecule has 0 amide bonds. The number of nitrogens with one attached hydrogen (secondary N) is 1. The van der Waals surface area contributed by atoms with Gasteiger partial charge in [0, 0.05) is 36.7 Å². The normalized spacial score (nSPS) is 11.4. The first kappa shape index (κ1) is 17.8. The van der Waals surface area contributed by atoms with Crippen LogP contribution < -0.4 is 4.72 Å². The van der Waals surface area contributed by atoms with Crippen LogP contribution in [0.15, 0.2) is 70.1 Å². The van der Waals surface area contributed by atoms with E-state index in [1.807, 2.05) is 30.3 Å². The standard InChI is InChI=1S/C17H15N3O5S/c21-20(22)15-7-4-8-16(12-15)26(23,24)18-10-9-14-11-17(25-19-14)13-5-2-1-3-6-13/h1-8,11-12,18H,9-10H2. The van der Waals surface area contributed by atoms with Crippen molar-refractivity contribution in [2.24, 2.45) is 0 Å². The highest BCUT2D eigenvalue weighted by Crippen LogP contribution is 2.20. The van der Waals surface area contributed by atoms with Crippen LogP contribution in [0.4, 0.5) is 5.69 Å². The fourth-order valence-corrected chi connectivity index (χ4v) is 3.40. The summed E-state index contributed by atoms with van der Waals surface area (Å²) in [4.78, 5) is 9.98. The number of rotatable bonds is 7.